The second-order valence-corrected chi connectivity index (χ2v) is 9.89. The lowest BCUT2D eigenvalue weighted by molar-refractivity contribution is 0.368. The number of nitrogens with one attached hydrogen (secondary N) is 3. The first-order valence-electron chi connectivity index (χ1n) is 12.7. The van der Waals surface area contributed by atoms with Gasteiger partial charge in [0.25, 0.3) is 0 Å². The summed E-state index contributed by atoms with van der Waals surface area (Å²) in [5.41, 5.74) is 2.67. The average Bonchev–Trinajstić information content (AvgIpc) is 2.87. The first kappa shape index (κ1) is 23.6. The summed E-state index contributed by atoms with van der Waals surface area (Å²) in [4.78, 5) is 22.2. The molecule has 0 radical (unpaired) electrons. The Balaban J connectivity index is 1.41. The van der Waals surface area contributed by atoms with Crippen LogP contribution in [0.2, 0.25) is 0 Å². The first-order valence-corrected chi connectivity index (χ1v) is 12.7. The molecule has 2 fully saturated rings. The fourth-order valence-electron chi connectivity index (χ4n) is 5.04. The highest BCUT2D eigenvalue weighted by molar-refractivity contribution is 5.93. The van der Waals surface area contributed by atoms with Crippen LogP contribution in [0, 0.1) is 17.7 Å². The molecular formula is C27H28F2N8. The Morgan fingerprint density at radius 1 is 1.00 bits per heavy atom. The van der Waals surface area contributed by atoms with E-state index in [4.69, 9.17) is 9.97 Å². The lowest BCUT2D eigenvalue weighted by Crippen LogP contribution is -2.42. The Kier molecular flexibility index (Phi) is 6.33. The minimum Gasteiger partial charge on any atom is -0.366 e. The van der Waals surface area contributed by atoms with E-state index in [9.17, 15) is 8.78 Å². The van der Waals surface area contributed by atoms with Crippen molar-refractivity contribution in [1.29, 1.82) is 0 Å². The number of hydrogen-bond acceptors (Lipinski definition) is 8. The van der Waals surface area contributed by atoms with Crippen LogP contribution in [0.15, 0.2) is 42.9 Å². The average molecular weight is 503 g/mol. The number of piperidine rings is 1. The molecule has 5 heterocycles. The van der Waals surface area contributed by atoms with Gasteiger partial charge in [0.1, 0.15) is 11.6 Å². The van der Waals surface area contributed by atoms with E-state index < -0.39 is 11.8 Å². The quantitative estimate of drug-likeness (QED) is 0.310. The first-order chi connectivity index (χ1) is 18.0. The Morgan fingerprint density at radius 2 is 1.89 bits per heavy atom. The van der Waals surface area contributed by atoms with Crippen molar-refractivity contribution in [3.63, 3.8) is 0 Å². The molecule has 0 aromatic carbocycles. The summed E-state index contributed by atoms with van der Waals surface area (Å²) in [6.45, 7) is 4.15. The molecule has 8 nitrogen and oxygen atoms in total. The number of fused-ring (bicyclic) bond motifs is 1. The van der Waals surface area contributed by atoms with Crippen molar-refractivity contribution in [2.75, 3.05) is 23.7 Å². The lowest BCUT2D eigenvalue weighted by Gasteiger charge is -2.32. The summed E-state index contributed by atoms with van der Waals surface area (Å²) in [5, 5.41) is 11.0. The van der Waals surface area contributed by atoms with E-state index in [1.54, 1.807) is 24.5 Å². The van der Waals surface area contributed by atoms with Gasteiger partial charge in [0.05, 0.1) is 11.7 Å². The van der Waals surface area contributed by atoms with Crippen LogP contribution < -0.4 is 16.0 Å². The smallest absolute Gasteiger partial charge is 0.214 e. The van der Waals surface area contributed by atoms with Crippen LogP contribution in [0.3, 0.4) is 0 Å². The Hall–Kier alpha value is -3.79. The zero-order valence-corrected chi connectivity index (χ0v) is 20.5. The van der Waals surface area contributed by atoms with Crippen molar-refractivity contribution in [2.24, 2.45) is 5.92 Å². The van der Waals surface area contributed by atoms with Gasteiger partial charge in [0.2, 0.25) is 5.95 Å². The molecule has 1 aliphatic heterocycles. The van der Waals surface area contributed by atoms with E-state index in [1.807, 2.05) is 6.20 Å². The Morgan fingerprint density at radius 3 is 2.70 bits per heavy atom. The highest BCUT2D eigenvalue weighted by atomic mass is 19.1. The molecule has 4 aromatic rings. The zero-order chi connectivity index (χ0) is 25.4. The molecular weight excluding hydrogens is 474 g/mol. The maximum atomic E-state index is 14.1. The predicted molar refractivity (Wildman–Crippen MR) is 139 cm³/mol. The second-order valence-electron chi connectivity index (χ2n) is 9.89. The molecule has 0 spiro atoms. The Labute approximate surface area is 213 Å². The summed E-state index contributed by atoms with van der Waals surface area (Å²) in [6, 6.07) is 5.77. The van der Waals surface area contributed by atoms with Gasteiger partial charge in [0.15, 0.2) is 17.5 Å². The second kappa shape index (κ2) is 9.93. The van der Waals surface area contributed by atoms with Gasteiger partial charge in [0, 0.05) is 29.4 Å². The molecule has 190 valence electrons. The third-order valence-electron chi connectivity index (χ3n) is 7.37. The van der Waals surface area contributed by atoms with Crippen molar-refractivity contribution in [1.82, 2.24) is 30.2 Å². The molecule has 0 amide bonds. The van der Waals surface area contributed by atoms with Crippen LogP contribution in [-0.4, -0.2) is 44.1 Å². The molecule has 2 aliphatic rings. The molecule has 6 rings (SSSR count). The van der Waals surface area contributed by atoms with Crippen molar-refractivity contribution in [3.8, 4) is 11.4 Å². The topological polar surface area (TPSA) is 101 Å². The molecule has 0 bridgehead atoms. The molecule has 3 N–H and O–H groups in total. The fourth-order valence-corrected chi connectivity index (χ4v) is 5.04. The summed E-state index contributed by atoms with van der Waals surface area (Å²) in [5.74, 6) is 0.850. The molecule has 0 unspecified atom stereocenters. The van der Waals surface area contributed by atoms with Crippen LogP contribution in [0.5, 0.6) is 0 Å². The number of pyridine rings is 3. The lowest BCUT2D eigenvalue weighted by atomic mass is 9.79. The highest BCUT2D eigenvalue weighted by Gasteiger charge is 2.27. The molecule has 1 saturated carbocycles. The van der Waals surface area contributed by atoms with Crippen LogP contribution in [0.1, 0.15) is 44.1 Å². The fraction of sp³-hybridized carbons (Fsp3) is 0.370. The van der Waals surface area contributed by atoms with E-state index in [0.717, 1.165) is 61.2 Å². The molecule has 2 atom stereocenters. The van der Waals surface area contributed by atoms with Gasteiger partial charge in [-0.15, -0.1) is 0 Å². The molecule has 1 aliphatic carbocycles. The minimum atomic E-state index is -0.782. The summed E-state index contributed by atoms with van der Waals surface area (Å²) in [7, 11) is 0. The maximum absolute atomic E-state index is 14.1. The number of hydrogen-bond donors (Lipinski definition) is 3. The summed E-state index contributed by atoms with van der Waals surface area (Å²) < 4.78 is 27.7. The highest BCUT2D eigenvalue weighted by Crippen LogP contribution is 2.41. The van der Waals surface area contributed by atoms with Gasteiger partial charge >= 0.3 is 0 Å². The van der Waals surface area contributed by atoms with E-state index in [2.05, 4.69) is 37.8 Å². The largest absolute Gasteiger partial charge is 0.366 e. The van der Waals surface area contributed by atoms with Crippen LogP contribution in [-0.2, 0) is 0 Å². The third-order valence-corrected chi connectivity index (χ3v) is 7.37. The predicted octanol–water partition coefficient (Wildman–Crippen LogP) is 5.18. The SMILES string of the molecule is C[C@@H]1CNCC[C@@H]1Nc1nc(-c2ccnc(Nc3nc(F)ccc3F)c2)nc2cncc(C3CCC3)c12. The van der Waals surface area contributed by atoms with Gasteiger partial charge in [-0.1, -0.05) is 13.3 Å². The molecule has 10 heteroatoms. The van der Waals surface area contributed by atoms with Gasteiger partial charge in [-0.05, 0) is 74.0 Å². The van der Waals surface area contributed by atoms with Crippen molar-refractivity contribution < 1.29 is 8.78 Å². The van der Waals surface area contributed by atoms with Gasteiger partial charge in [-0.3, -0.25) is 4.98 Å². The summed E-state index contributed by atoms with van der Waals surface area (Å²) in [6.07, 6.45) is 9.84. The van der Waals surface area contributed by atoms with Crippen LogP contribution in [0.4, 0.5) is 26.2 Å². The number of halogens is 2. The third kappa shape index (κ3) is 4.81. The van der Waals surface area contributed by atoms with Crippen LogP contribution >= 0.6 is 0 Å². The number of nitrogens with zero attached hydrogens (tertiary/aromatic N) is 5. The molecule has 4 aromatic heterocycles. The van der Waals surface area contributed by atoms with E-state index in [-0.39, 0.29) is 11.9 Å². The molecule has 37 heavy (non-hydrogen) atoms. The van der Waals surface area contributed by atoms with Gasteiger partial charge < -0.3 is 16.0 Å². The van der Waals surface area contributed by atoms with Crippen LogP contribution in [0.25, 0.3) is 22.3 Å². The summed E-state index contributed by atoms with van der Waals surface area (Å²) >= 11 is 0. The van der Waals surface area contributed by atoms with Crippen molar-refractivity contribution in [2.45, 2.75) is 44.6 Å². The van der Waals surface area contributed by atoms with Gasteiger partial charge in [-0.2, -0.15) is 9.37 Å². The number of anilines is 3. The van der Waals surface area contributed by atoms with Crippen molar-refractivity contribution in [3.05, 3.63) is 60.2 Å². The normalized spacial score (nSPS) is 20.0. The van der Waals surface area contributed by atoms with Crippen molar-refractivity contribution >= 4 is 28.4 Å². The van der Waals surface area contributed by atoms with Gasteiger partial charge in [-0.25, -0.2) is 19.3 Å². The monoisotopic (exact) mass is 502 g/mol. The van der Waals surface area contributed by atoms with E-state index >= 15 is 0 Å². The maximum Gasteiger partial charge on any atom is 0.214 e. The standard InChI is InChI=1S/C27H28F2N8/c1-15-12-30-9-8-20(15)33-27-24-18(16-3-2-4-16)13-31-14-21(24)34-25(37-27)17-7-10-32-23(11-17)36-26-19(28)5-6-22(29)35-26/h5-7,10-11,13-16,20,30H,2-4,8-9,12H2,1H3,(H,32,35,36)(H,33,34,37)/t15-,20+/m1/s1. The number of rotatable bonds is 6. The Bertz CT molecular complexity index is 1440. The minimum absolute atomic E-state index is 0.235. The number of aromatic nitrogens is 5. The molecule has 1 saturated heterocycles. The zero-order valence-electron chi connectivity index (χ0n) is 20.5. The van der Waals surface area contributed by atoms with E-state index in [1.165, 1.54) is 12.0 Å². The van der Waals surface area contributed by atoms with E-state index in [0.29, 0.717) is 29.0 Å².